The van der Waals surface area contributed by atoms with Crippen LogP contribution in [0.1, 0.15) is 5.56 Å². The van der Waals surface area contributed by atoms with E-state index in [-0.39, 0.29) is 17.1 Å². The SMILES string of the molecule is N=C(N)c1c(N)cccc1F. The highest BCUT2D eigenvalue weighted by molar-refractivity contribution is 5.99. The maximum absolute atomic E-state index is 12.8. The fraction of sp³-hybridized carbons (Fsp3) is 0. The number of amidine groups is 1. The number of benzene rings is 1. The molecule has 0 aliphatic heterocycles. The van der Waals surface area contributed by atoms with Crippen molar-refractivity contribution >= 4 is 11.5 Å². The van der Waals surface area contributed by atoms with Gasteiger partial charge >= 0.3 is 0 Å². The number of nitrogen functional groups attached to an aromatic ring is 2. The zero-order chi connectivity index (χ0) is 8.43. The Morgan fingerprint density at radius 1 is 1.45 bits per heavy atom. The molecule has 58 valence electrons. The first kappa shape index (κ1) is 7.53. The van der Waals surface area contributed by atoms with Crippen LogP contribution in [0.25, 0.3) is 0 Å². The molecule has 0 atom stereocenters. The van der Waals surface area contributed by atoms with Gasteiger partial charge in [0.15, 0.2) is 0 Å². The molecule has 1 aromatic rings. The molecule has 0 saturated heterocycles. The molecule has 0 saturated carbocycles. The minimum absolute atomic E-state index is 0.0208. The van der Waals surface area contributed by atoms with Gasteiger partial charge in [-0.05, 0) is 12.1 Å². The van der Waals surface area contributed by atoms with Gasteiger partial charge in [0.25, 0.3) is 0 Å². The van der Waals surface area contributed by atoms with Crippen molar-refractivity contribution in [2.24, 2.45) is 5.73 Å². The molecule has 0 aromatic heterocycles. The number of nitrogens with one attached hydrogen (secondary N) is 1. The Kier molecular flexibility index (Phi) is 1.76. The molecule has 0 radical (unpaired) electrons. The van der Waals surface area contributed by atoms with Crippen LogP contribution in [-0.4, -0.2) is 5.84 Å². The zero-order valence-corrected chi connectivity index (χ0v) is 5.76. The van der Waals surface area contributed by atoms with E-state index in [9.17, 15) is 4.39 Å². The van der Waals surface area contributed by atoms with Gasteiger partial charge in [0.1, 0.15) is 11.7 Å². The van der Waals surface area contributed by atoms with Crippen molar-refractivity contribution < 1.29 is 4.39 Å². The third-order valence-electron chi connectivity index (χ3n) is 1.32. The van der Waals surface area contributed by atoms with E-state index in [0.29, 0.717) is 0 Å². The standard InChI is InChI=1S/C7H8FN3/c8-4-2-1-3-5(9)6(4)7(10)11/h1-3H,9H2,(H3,10,11). The van der Waals surface area contributed by atoms with Crippen molar-refractivity contribution in [1.82, 2.24) is 0 Å². The first-order chi connectivity index (χ1) is 5.13. The van der Waals surface area contributed by atoms with E-state index in [4.69, 9.17) is 16.9 Å². The molecule has 0 aliphatic rings. The van der Waals surface area contributed by atoms with Crippen molar-refractivity contribution in [3.63, 3.8) is 0 Å². The summed E-state index contributed by atoms with van der Waals surface area (Å²) in [5.74, 6) is -0.905. The van der Waals surface area contributed by atoms with Crippen LogP contribution in [0.5, 0.6) is 0 Å². The molecule has 3 nitrogen and oxygen atoms in total. The van der Waals surface area contributed by atoms with Gasteiger partial charge in [-0.15, -0.1) is 0 Å². The predicted molar refractivity (Wildman–Crippen MR) is 41.8 cm³/mol. The minimum atomic E-state index is -0.558. The summed E-state index contributed by atoms with van der Waals surface area (Å²) >= 11 is 0. The number of anilines is 1. The lowest BCUT2D eigenvalue weighted by atomic mass is 10.1. The Balaban J connectivity index is 3.32. The number of rotatable bonds is 1. The summed E-state index contributed by atoms with van der Waals surface area (Å²) in [6.07, 6.45) is 0. The first-order valence-corrected chi connectivity index (χ1v) is 3.01. The van der Waals surface area contributed by atoms with Crippen LogP contribution in [0.3, 0.4) is 0 Å². The second-order valence-electron chi connectivity index (χ2n) is 2.12. The predicted octanol–water partition coefficient (Wildman–Crippen LogP) is 0.692. The van der Waals surface area contributed by atoms with Gasteiger partial charge in [-0.2, -0.15) is 0 Å². The fourth-order valence-corrected chi connectivity index (χ4v) is 0.825. The summed E-state index contributed by atoms with van der Waals surface area (Å²) in [5, 5.41) is 6.97. The molecule has 0 fully saturated rings. The Morgan fingerprint density at radius 2 is 2.09 bits per heavy atom. The highest BCUT2D eigenvalue weighted by Gasteiger charge is 2.07. The van der Waals surface area contributed by atoms with Gasteiger partial charge < -0.3 is 11.5 Å². The first-order valence-electron chi connectivity index (χ1n) is 3.01. The maximum atomic E-state index is 12.8. The van der Waals surface area contributed by atoms with Gasteiger partial charge in [-0.25, -0.2) is 4.39 Å². The van der Waals surface area contributed by atoms with Gasteiger partial charge in [-0.1, -0.05) is 6.07 Å². The molecule has 11 heavy (non-hydrogen) atoms. The van der Waals surface area contributed by atoms with Gasteiger partial charge in [-0.3, -0.25) is 5.41 Å². The van der Waals surface area contributed by atoms with E-state index in [1.54, 1.807) is 0 Å². The van der Waals surface area contributed by atoms with Crippen molar-refractivity contribution in [2.45, 2.75) is 0 Å². The quantitative estimate of drug-likeness (QED) is 0.315. The lowest BCUT2D eigenvalue weighted by Crippen LogP contribution is -2.15. The van der Waals surface area contributed by atoms with Crippen molar-refractivity contribution in [1.29, 1.82) is 5.41 Å². The monoisotopic (exact) mass is 153 g/mol. The molecular formula is C7H8FN3. The Labute approximate surface area is 63.3 Å². The third kappa shape index (κ3) is 1.29. The fourth-order valence-electron chi connectivity index (χ4n) is 0.825. The smallest absolute Gasteiger partial charge is 0.136 e. The topological polar surface area (TPSA) is 75.9 Å². The average molecular weight is 153 g/mol. The van der Waals surface area contributed by atoms with E-state index >= 15 is 0 Å². The molecule has 4 heteroatoms. The van der Waals surface area contributed by atoms with E-state index in [2.05, 4.69) is 0 Å². The van der Waals surface area contributed by atoms with Gasteiger partial charge in [0.2, 0.25) is 0 Å². The summed E-state index contributed by atoms with van der Waals surface area (Å²) in [4.78, 5) is 0. The molecule has 5 N–H and O–H groups in total. The van der Waals surface area contributed by atoms with Crippen LogP contribution in [0.15, 0.2) is 18.2 Å². The highest BCUT2D eigenvalue weighted by atomic mass is 19.1. The number of nitrogens with two attached hydrogens (primary N) is 2. The minimum Gasteiger partial charge on any atom is -0.398 e. The summed E-state index contributed by atoms with van der Waals surface area (Å²) < 4.78 is 12.8. The molecular weight excluding hydrogens is 145 g/mol. The van der Waals surface area contributed by atoms with Crippen molar-refractivity contribution in [3.05, 3.63) is 29.6 Å². The highest BCUT2D eigenvalue weighted by Crippen LogP contribution is 2.13. The number of halogens is 1. The van der Waals surface area contributed by atoms with Crippen LogP contribution in [0.4, 0.5) is 10.1 Å². The van der Waals surface area contributed by atoms with E-state index in [1.165, 1.54) is 18.2 Å². The Bertz CT molecular complexity index is 275. The van der Waals surface area contributed by atoms with Crippen LogP contribution in [0.2, 0.25) is 0 Å². The third-order valence-corrected chi connectivity index (χ3v) is 1.32. The average Bonchev–Trinajstić information content (AvgIpc) is 1.85. The summed E-state index contributed by atoms with van der Waals surface area (Å²) in [6.45, 7) is 0. The lowest BCUT2D eigenvalue weighted by molar-refractivity contribution is 0.625. The molecule has 0 aliphatic carbocycles. The second kappa shape index (κ2) is 2.57. The van der Waals surface area contributed by atoms with Crippen LogP contribution < -0.4 is 11.5 Å². The lowest BCUT2D eigenvalue weighted by Gasteiger charge is -2.02. The van der Waals surface area contributed by atoms with E-state index in [1.807, 2.05) is 0 Å². The molecule has 1 aromatic carbocycles. The molecule has 1 rings (SSSR count). The summed E-state index contributed by atoms with van der Waals surface area (Å²) in [6, 6.07) is 4.18. The second-order valence-corrected chi connectivity index (χ2v) is 2.12. The van der Waals surface area contributed by atoms with Crippen LogP contribution >= 0.6 is 0 Å². The maximum Gasteiger partial charge on any atom is 0.136 e. The van der Waals surface area contributed by atoms with E-state index in [0.717, 1.165) is 0 Å². The van der Waals surface area contributed by atoms with Gasteiger partial charge in [0, 0.05) is 5.69 Å². The zero-order valence-electron chi connectivity index (χ0n) is 5.76. The molecule has 0 bridgehead atoms. The van der Waals surface area contributed by atoms with E-state index < -0.39 is 5.82 Å². The molecule has 0 spiro atoms. The summed E-state index contributed by atoms with van der Waals surface area (Å²) in [7, 11) is 0. The number of hydrogen-bond donors (Lipinski definition) is 3. The van der Waals surface area contributed by atoms with Crippen molar-refractivity contribution in [2.75, 3.05) is 5.73 Å². The summed E-state index contributed by atoms with van der Waals surface area (Å²) in [5.41, 5.74) is 10.6. The normalized spacial score (nSPS) is 9.55. The molecule has 0 amide bonds. The van der Waals surface area contributed by atoms with Gasteiger partial charge in [0.05, 0.1) is 5.56 Å². The van der Waals surface area contributed by atoms with Crippen LogP contribution in [0, 0.1) is 11.2 Å². The number of hydrogen-bond acceptors (Lipinski definition) is 2. The Morgan fingerprint density at radius 3 is 2.45 bits per heavy atom. The molecule has 0 unspecified atom stereocenters. The Hall–Kier alpha value is -1.58. The van der Waals surface area contributed by atoms with Crippen molar-refractivity contribution in [3.8, 4) is 0 Å². The molecule has 0 heterocycles. The van der Waals surface area contributed by atoms with Crippen LogP contribution in [-0.2, 0) is 0 Å². The largest absolute Gasteiger partial charge is 0.398 e.